The van der Waals surface area contributed by atoms with Gasteiger partial charge in [-0.25, -0.2) is 8.42 Å². The minimum Gasteiger partial charge on any atom is -0.493 e. The van der Waals surface area contributed by atoms with Crippen molar-refractivity contribution in [1.82, 2.24) is 10.2 Å². The Morgan fingerprint density at radius 3 is 2.12 bits per heavy atom. The van der Waals surface area contributed by atoms with Gasteiger partial charge in [-0.15, -0.1) is 0 Å². The summed E-state index contributed by atoms with van der Waals surface area (Å²) < 4.78 is 39.7. The maximum absolute atomic E-state index is 14.1. The molecule has 0 unspecified atom stereocenters. The molecule has 9 nitrogen and oxygen atoms in total. The molecule has 3 aromatic carbocycles. The third kappa shape index (κ3) is 7.92. The average Bonchev–Trinajstić information content (AvgIpc) is 2.96. The summed E-state index contributed by atoms with van der Waals surface area (Å²) in [6, 6.07) is 18.6. The van der Waals surface area contributed by atoms with Crippen LogP contribution in [0.3, 0.4) is 0 Å². The number of ether oxygens (including phenoxy) is 2. The molecule has 0 fully saturated rings. The second-order valence-corrected chi connectivity index (χ2v) is 11.9. The molecule has 0 aliphatic heterocycles. The predicted octanol–water partition coefficient (Wildman–Crippen LogP) is 4.88. The zero-order chi connectivity index (χ0) is 30.2. The monoisotopic (exact) mass is 601 g/mol. The maximum atomic E-state index is 14.1. The van der Waals surface area contributed by atoms with Gasteiger partial charge in [0.25, 0.3) is 10.0 Å². The summed E-state index contributed by atoms with van der Waals surface area (Å²) in [5.74, 6) is -0.268. The van der Waals surface area contributed by atoms with Gasteiger partial charge in [0.1, 0.15) is 12.6 Å². The molecule has 0 spiro atoms. The van der Waals surface area contributed by atoms with Gasteiger partial charge in [-0.3, -0.25) is 13.9 Å². The van der Waals surface area contributed by atoms with Crippen LogP contribution in [-0.4, -0.2) is 58.0 Å². The molecule has 0 saturated carbocycles. The van der Waals surface area contributed by atoms with E-state index in [0.717, 1.165) is 9.87 Å². The van der Waals surface area contributed by atoms with Crippen molar-refractivity contribution < 1.29 is 27.5 Å². The lowest BCUT2D eigenvalue weighted by Crippen LogP contribution is -2.53. The molecular formula is C30H36ClN3O6S. The van der Waals surface area contributed by atoms with Crippen LogP contribution in [0.15, 0.2) is 77.7 Å². The van der Waals surface area contributed by atoms with E-state index >= 15 is 0 Å². The van der Waals surface area contributed by atoms with E-state index < -0.39 is 28.5 Å². The van der Waals surface area contributed by atoms with Crippen LogP contribution >= 0.6 is 11.6 Å². The van der Waals surface area contributed by atoms with Crippen molar-refractivity contribution in [2.45, 2.75) is 50.7 Å². The molecule has 11 heteroatoms. The minimum absolute atomic E-state index is 0.0824. The van der Waals surface area contributed by atoms with E-state index in [0.29, 0.717) is 22.9 Å². The number of halogens is 1. The second kappa shape index (κ2) is 14.2. The van der Waals surface area contributed by atoms with Crippen molar-refractivity contribution in [1.29, 1.82) is 0 Å². The molecule has 0 aliphatic carbocycles. The van der Waals surface area contributed by atoms with E-state index in [1.165, 1.54) is 37.3 Å². The predicted molar refractivity (Wildman–Crippen MR) is 160 cm³/mol. The number of sulfonamides is 1. The summed E-state index contributed by atoms with van der Waals surface area (Å²) in [6.07, 6.45) is 0.325. The Hall–Kier alpha value is -3.76. The van der Waals surface area contributed by atoms with Crippen molar-refractivity contribution in [2.24, 2.45) is 0 Å². The summed E-state index contributed by atoms with van der Waals surface area (Å²) in [7, 11) is -1.39. The molecule has 220 valence electrons. The number of anilines is 1. The fourth-order valence-corrected chi connectivity index (χ4v) is 5.87. The number of nitrogens with zero attached hydrogens (tertiary/aromatic N) is 2. The van der Waals surface area contributed by atoms with Crippen LogP contribution < -0.4 is 19.1 Å². The molecule has 3 aromatic rings. The summed E-state index contributed by atoms with van der Waals surface area (Å²) >= 11 is 6.06. The molecule has 3 rings (SSSR count). The van der Waals surface area contributed by atoms with Gasteiger partial charge in [0.2, 0.25) is 11.8 Å². The molecule has 0 aliphatic rings. The quantitative estimate of drug-likeness (QED) is 0.299. The lowest BCUT2D eigenvalue weighted by molar-refractivity contribution is -0.140. The van der Waals surface area contributed by atoms with Crippen molar-refractivity contribution in [2.75, 3.05) is 25.1 Å². The van der Waals surface area contributed by atoms with Crippen molar-refractivity contribution >= 4 is 39.1 Å². The third-order valence-corrected chi connectivity index (χ3v) is 8.37. The van der Waals surface area contributed by atoms with Gasteiger partial charge >= 0.3 is 0 Å². The summed E-state index contributed by atoms with van der Waals surface area (Å²) in [5, 5.41) is 3.41. The van der Waals surface area contributed by atoms with Gasteiger partial charge in [-0.1, -0.05) is 48.9 Å². The lowest BCUT2D eigenvalue weighted by Gasteiger charge is -2.33. The Morgan fingerprint density at radius 2 is 1.56 bits per heavy atom. The number of carbonyl (C=O) groups is 2. The molecule has 0 bridgehead atoms. The minimum atomic E-state index is -4.26. The number of hydrogen-bond acceptors (Lipinski definition) is 6. The highest BCUT2D eigenvalue weighted by molar-refractivity contribution is 7.92. The molecule has 2 amide bonds. The van der Waals surface area contributed by atoms with E-state index in [-0.39, 0.29) is 29.1 Å². The van der Waals surface area contributed by atoms with Crippen LogP contribution in [0.2, 0.25) is 5.02 Å². The fourth-order valence-electron chi connectivity index (χ4n) is 4.31. The van der Waals surface area contributed by atoms with E-state index in [2.05, 4.69) is 5.32 Å². The first-order valence-electron chi connectivity index (χ1n) is 13.2. The number of para-hydroxylation sites is 1. The Labute approximate surface area is 247 Å². The fraction of sp³-hybridized carbons (Fsp3) is 0.333. The first kappa shape index (κ1) is 31.8. The van der Waals surface area contributed by atoms with Crippen LogP contribution in [0.25, 0.3) is 0 Å². The second-order valence-electron chi connectivity index (χ2n) is 9.60. The van der Waals surface area contributed by atoms with E-state index in [1.807, 2.05) is 20.8 Å². The smallest absolute Gasteiger partial charge is 0.264 e. The number of hydrogen-bond donors (Lipinski definition) is 1. The number of methoxy groups -OCH3 is 2. The van der Waals surface area contributed by atoms with Gasteiger partial charge < -0.3 is 19.7 Å². The van der Waals surface area contributed by atoms with E-state index in [9.17, 15) is 18.0 Å². The van der Waals surface area contributed by atoms with Gasteiger partial charge in [0, 0.05) is 23.7 Å². The molecule has 1 atom stereocenters. The van der Waals surface area contributed by atoms with Crippen molar-refractivity contribution in [3.05, 3.63) is 83.4 Å². The van der Waals surface area contributed by atoms with Gasteiger partial charge in [0.15, 0.2) is 11.5 Å². The number of nitrogens with one attached hydrogen (secondary N) is 1. The largest absolute Gasteiger partial charge is 0.493 e. The molecular weight excluding hydrogens is 566 g/mol. The highest BCUT2D eigenvalue weighted by Crippen LogP contribution is 2.32. The summed E-state index contributed by atoms with van der Waals surface area (Å²) in [4.78, 5) is 28.6. The molecule has 0 heterocycles. The number of rotatable bonds is 13. The molecule has 0 saturated heterocycles. The molecule has 1 N–H and O–H groups in total. The van der Waals surface area contributed by atoms with Crippen LogP contribution in [-0.2, 0) is 26.2 Å². The lowest BCUT2D eigenvalue weighted by atomic mass is 10.1. The molecule has 0 aromatic heterocycles. The first-order valence-corrected chi connectivity index (χ1v) is 15.0. The topological polar surface area (TPSA) is 105 Å². The van der Waals surface area contributed by atoms with E-state index in [1.54, 1.807) is 54.6 Å². The Bertz CT molecular complexity index is 1430. The summed E-state index contributed by atoms with van der Waals surface area (Å²) in [6.45, 7) is 5.02. The Morgan fingerprint density at radius 1 is 0.927 bits per heavy atom. The van der Waals surface area contributed by atoms with Gasteiger partial charge in [-0.2, -0.15) is 0 Å². The highest BCUT2D eigenvalue weighted by atomic mass is 35.5. The first-order chi connectivity index (χ1) is 19.5. The zero-order valence-electron chi connectivity index (χ0n) is 23.8. The normalized spacial score (nSPS) is 12.0. The summed E-state index contributed by atoms with van der Waals surface area (Å²) in [5.41, 5.74) is 1.04. The highest BCUT2D eigenvalue weighted by Gasteiger charge is 2.34. The SMILES string of the molecule is CC[C@H](C(=O)NC(C)C)N(Cc1ccc(Cl)cc1)C(=O)CN(c1ccccc1)S(=O)(=O)c1ccc(OC)c(OC)c1. The molecule has 0 radical (unpaired) electrons. The van der Waals surface area contributed by atoms with Gasteiger partial charge in [-0.05, 0) is 62.2 Å². The average molecular weight is 602 g/mol. The molecule has 41 heavy (non-hydrogen) atoms. The van der Waals surface area contributed by atoms with Crippen LogP contribution in [0.4, 0.5) is 5.69 Å². The maximum Gasteiger partial charge on any atom is 0.264 e. The Kier molecular flexibility index (Phi) is 11.0. The van der Waals surface area contributed by atoms with Crippen LogP contribution in [0, 0.1) is 0 Å². The number of carbonyl (C=O) groups excluding carboxylic acids is 2. The zero-order valence-corrected chi connectivity index (χ0v) is 25.4. The third-order valence-electron chi connectivity index (χ3n) is 6.35. The standard InChI is InChI=1S/C30H36ClN3O6S/c1-6-26(30(36)32-21(2)3)33(19-22-12-14-23(31)15-13-22)29(35)20-34(24-10-8-7-9-11-24)41(37,38)25-16-17-27(39-4)28(18-25)40-5/h7-18,21,26H,6,19-20H2,1-5H3,(H,32,36)/t26-/m1/s1. The van der Waals surface area contributed by atoms with Gasteiger partial charge in [0.05, 0.1) is 24.8 Å². The van der Waals surface area contributed by atoms with E-state index in [4.69, 9.17) is 21.1 Å². The Balaban J connectivity index is 2.07. The van der Waals surface area contributed by atoms with Crippen LogP contribution in [0.5, 0.6) is 11.5 Å². The number of amides is 2. The number of benzene rings is 3. The van der Waals surface area contributed by atoms with Crippen molar-refractivity contribution in [3.8, 4) is 11.5 Å². The van der Waals surface area contributed by atoms with Crippen molar-refractivity contribution in [3.63, 3.8) is 0 Å². The van der Waals surface area contributed by atoms with Crippen LogP contribution in [0.1, 0.15) is 32.8 Å².